The number of aromatic nitrogens is 1. The van der Waals surface area contributed by atoms with Crippen LogP contribution in [0.4, 0.5) is 0 Å². The largest absolute Gasteiger partial charge is 0.494 e. The molecule has 1 aromatic heterocycles. The Labute approximate surface area is 125 Å². The summed E-state index contributed by atoms with van der Waals surface area (Å²) >= 11 is 6.60. The third-order valence-corrected chi connectivity index (χ3v) is 3.87. The van der Waals surface area contributed by atoms with E-state index < -0.39 is 0 Å². The molecule has 0 saturated carbocycles. The predicted octanol–water partition coefficient (Wildman–Crippen LogP) is 4.95. The Balaban J connectivity index is 2.14. The molecule has 0 aliphatic rings. The van der Waals surface area contributed by atoms with Crippen molar-refractivity contribution in [3.63, 3.8) is 0 Å². The summed E-state index contributed by atoms with van der Waals surface area (Å²) in [5, 5.41) is -0.116. The van der Waals surface area contributed by atoms with Gasteiger partial charge in [-0.05, 0) is 36.2 Å². The molecule has 0 spiro atoms. The van der Waals surface area contributed by atoms with Gasteiger partial charge in [-0.25, -0.2) is 0 Å². The maximum atomic E-state index is 6.60. The number of hydrogen-bond acceptors (Lipinski definition) is 2. The summed E-state index contributed by atoms with van der Waals surface area (Å²) in [6.45, 7) is 4.92. The topological polar surface area (TPSA) is 22.1 Å². The van der Waals surface area contributed by atoms with Gasteiger partial charge in [-0.2, -0.15) is 0 Å². The first-order valence-electron chi connectivity index (χ1n) is 7.00. The highest BCUT2D eigenvalue weighted by Gasteiger charge is 2.19. The van der Waals surface area contributed by atoms with Crippen LogP contribution in [0.2, 0.25) is 0 Å². The van der Waals surface area contributed by atoms with Crippen LogP contribution in [-0.4, -0.2) is 11.6 Å². The monoisotopic (exact) mass is 289 g/mol. The van der Waals surface area contributed by atoms with Gasteiger partial charge < -0.3 is 4.74 Å². The SMILES string of the molecule is CCCOc1cccc(C(Cl)C(C)c2ccccn2)c1. The molecule has 2 atom stereocenters. The molecule has 1 aromatic carbocycles. The molecule has 3 heteroatoms. The number of alkyl halides is 1. The molecule has 0 saturated heterocycles. The number of hydrogen-bond donors (Lipinski definition) is 0. The highest BCUT2D eigenvalue weighted by Crippen LogP contribution is 2.36. The fourth-order valence-electron chi connectivity index (χ4n) is 2.08. The van der Waals surface area contributed by atoms with Crippen molar-refractivity contribution in [1.82, 2.24) is 4.98 Å². The van der Waals surface area contributed by atoms with Gasteiger partial charge in [0.2, 0.25) is 0 Å². The van der Waals surface area contributed by atoms with E-state index in [0.717, 1.165) is 30.0 Å². The average molecular weight is 290 g/mol. The molecule has 2 aromatic rings. The normalized spacial score (nSPS) is 13.8. The Morgan fingerprint density at radius 2 is 2.05 bits per heavy atom. The summed E-state index contributed by atoms with van der Waals surface area (Å²) in [4.78, 5) is 4.38. The van der Waals surface area contributed by atoms with E-state index in [2.05, 4.69) is 18.8 Å². The van der Waals surface area contributed by atoms with E-state index in [1.165, 1.54) is 0 Å². The minimum Gasteiger partial charge on any atom is -0.494 e. The molecule has 0 aliphatic carbocycles. The molecule has 106 valence electrons. The highest BCUT2D eigenvalue weighted by molar-refractivity contribution is 6.21. The lowest BCUT2D eigenvalue weighted by Crippen LogP contribution is -2.05. The van der Waals surface area contributed by atoms with Gasteiger partial charge in [-0.3, -0.25) is 4.98 Å². The number of pyridine rings is 1. The molecule has 2 rings (SSSR count). The minimum atomic E-state index is -0.116. The third kappa shape index (κ3) is 3.73. The van der Waals surface area contributed by atoms with Crippen LogP contribution in [0.15, 0.2) is 48.7 Å². The van der Waals surface area contributed by atoms with E-state index in [0.29, 0.717) is 0 Å². The molecule has 0 radical (unpaired) electrons. The van der Waals surface area contributed by atoms with Crippen molar-refractivity contribution in [2.24, 2.45) is 0 Å². The van der Waals surface area contributed by atoms with Gasteiger partial charge in [0.05, 0.1) is 12.0 Å². The lowest BCUT2D eigenvalue weighted by molar-refractivity contribution is 0.317. The zero-order valence-electron chi connectivity index (χ0n) is 11.9. The number of halogens is 1. The smallest absolute Gasteiger partial charge is 0.119 e. The van der Waals surface area contributed by atoms with Gasteiger partial charge in [0.25, 0.3) is 0 Å². The standard InChI is InChI=1S/C17H20ClNO/c1-3-11-20-15-8-6-7-14(12-15)17(18)13(2)16-9-4-5-10-19-16/h4-10,12-13,17H,3,11H2,1-2H3. The number of benzene rings is 1. The van der Waals surface area contributed by atoms with Crippen LogP contribution in [0.5, 0.6) is 5.75 Å². The molecule has 20 heavy (non-hydrogen) atoms. The quantitative estimate of drug-likeness (QED) is 0.702. The predicted molar refractivity (Wildman–Crippen MR) is 83.5 cm³/mol. The van der Waals surface area contributed by atoms with E-state index in [4.69, 9.17) is 16.3 Å². The fraction of sp³-hybridized carbons (Fsp3) is 0.353. The summed E-state index contributed by atoms with van der Waals surface area (Å²) in [6.07, 6.45) is 2.80. The second-order valence-corrected chi connectivity index (χ2v) is 5.34. The molecule has 1 heterocycles. The van der Waals surface area contributed by atoms with Crippen molar-refractivity contribution in [1.29, 1.82) is 0 Å². The Morgan fingerprint density at radius 1 is 1.20 bits per heavy atom. The van der Waals surface area contributed by atoms with Crippen LogP contribution in [0.1, 0.15) is 42.8 Å². The van der Waals surface area contributed by atoms with Gasteiger partial charge in [-0.1, -0.05) is 32.0 Å². The number of nitrogens with zero attached hydrogens (tertiary/aromatic N) is 1. The van der Waals surface area contributed by atoms with Gasteiger partial charge in [0.15, 0.2) is 0 Å². The van der Waals surface area contributed by atoms with Gasteiger partial charge in [-0.15, -0.1) is 11.6 Å². The number of rotatable bonds is 6. The first kappa shape index (κ1) is 14.9. The fourth-order valence-corrected chi connectivity index (χ4v) is 2.34. The minimum absolute atomic E-state index is 0.116. The Kier molecular flexibility index (Phi) is 5.42. The third-order valence-electron chi connectivity index (χ3n) is 3.24. The first-order chi connectivity index (χ1) is 9.72. The summed E-state index contributed by atoms with van der Waals surface area (Å²) in [5.41, 5.74) is 2.07. The Bertz CT molecular complexity index is 530. The molecule has 0 bridgehead atoms. The summed E-state index contributed by atoms with van der Waals surface area (Å²) < 4.78 is 5.66. The first-order valence-corrected chi connectivity index (χ1v) is 7.43. The molecule has 2 nitrogen and oxygen atoms in total. The maximum Gasteiger partial charge on any atom is 0.119 e. The van der Waals surface area contributed by atoms with E-state index in [-0.39, 0.29) is 11.3 Å². The van der Waals surface area contributed by atoms with Crippen LogP contribution in [0.25, 0.3) is 0 Å². The van der Waals surface area contributed by atoms with E-state index in [1.54, 1.807) is 6.20 Å². The molecule has 0 aliphatic heterocycles. The molecular formula is C17H20ClNO. The maximum absolute atomic E-state index is 6.60. The van der Waals surface area contributed by atoms with Gasteiger partial charge in [0, 0.05) is 17.8 Å². The highest BCUT2D eigenvalue weighted by atomic mass is 35.5. The molecule has 2 unspecified atom stereocenters. The van der Waals surface area contributed by atoms with Crippen LogP contribution in [-0.2, 0) is 0 Å². The second-order valence-electron chi connectivity index (χ2n) is 4.87. The van der Waals surface area contributed by atoms with E-state index >= 15 is 0 Å². The number of ether oxygens (including phenoxy) is 1. The van der Waals surface area contributed by atoms with Crippen molar-refractivity contribution in [3.8, 4) is 5.75 Å². The second kappa shape index (κ2) is 7.30. The zero-order chi connectivity index (χ0) is 14.4. The van der Waals surface area contributed by atoms with Crippen molar-refractivity contribution in [3.05, 3.63) is 59.9 Å². The Morgan fingerprint density at radius 3 is 2.75 bits per heavy atom. The average Bonchev–Trinajstić information content (AvgIpc) is 2.52. The molecule has 0 fully saturated rings. The summed E-state index contributed by atoms with van der Waals surface area (Å²) in [5.74, 6) is 1.03. The van der Waals surface area contributed by atoms with Crippen LogP contribution in [0.3, 0.4) is 0 Å². The van der Waals surface area contributed by atoms with Crippen molar-refractivity contribution in [2.45, 2.75) is 31.6 Å². The van der Waals surface area contributed by atoms with E-state index in [1.807, 2.05) is 42.5 Å². The Hall–Kier alpha value is -1.54. The van der Waals surface area contributed by atoms with E-state index in [9.17, 15) is 0 Å². The molecular weight excluding hydrogens is 270 g/mol. The van der Waals surface area contributed by atoms with Crippen LogP contribution in [0, 0.1) is 0 Å². The van der Waals surface area contributed by atoms with Crippen molar-refractivity contribution >= 4 is 11.6 Å². The van der Waals surface area contributed by atoms with Crippen molar-refractivity contribution in [2.75, 3.05) is 6.61 Å². The molecule has 0 amide bonds. The molecule has 0 N–H and O–H groups in total. The van der Waals surface area contributed by atoms with Gasteiger partial charge >= 0.3 is 0 Å². The van der Waals surface area contributed by atoms with Crippen LogP contribution < -0.4 is 4.74 Å². The lowest BCUT2D eigenvalue weighted by atomic mass is 9.97. The van der Waals surface area contributed by atoms with Crippen molar-refractivity contribution < 1.29 is 4.74 Å². The zero-order valence-corrected chi connectivity index (χ0v) is 12.7. The lowest BCUT2D eigenvalue weighted by Gasteiger charge is -2.18. The summed E-state index contributed by atoms with van der Waals surface area (Å²) in [6, 6.07) is 13.9. The van der Waals surface area contributed by atoms with Crippen LogP contribution >= 0.6 is 11.6 Å². The van der Waals surface area contributed by atoms with Gasteiger partial charge in [0.1, 0.15) is 5.75 Å². The summed E-state index contributed by atoms with van der Waals surface area (Å²) in [7, 11) is 0.